The molecule has 1 aromatic carbocycles. The first kappa shape index (κ1) is 13.1. The highest BCUT2D eigenvalue weighted by Gasteiger charge is 2.07. The number of carbonyl (C=O) groups excluding carboxylic acids is 1. The molecule has 0 saturated heterocycles. The van der Waals surface area contributed by atoms with Crippen LogP contribution >= 0.6 is 11.3 Å². The van der Waals surface area contributed by atoms with Crippen LogP contribution in [0.25, 0.3) is 0 Å². The lowest BCUT2D eigenvalue weighted by Crippen LogP contribution is -1.89. The third kappa shape index (κ3) is 3.32. The zero-order valence-electron chi connectivity index (χ0n) is 10.1. The third-order valence-electron chi connectivity index (χ3n) is 2.41. The second-order valence-corrected chi connectivity index (χ2v) is 4.89. The van der Waals surface area contributed by atoms with Crippen molar-refractivity contribution in [2.24, 2.45) is 4.99 Å². The topological polar surface area (TPSA) is 72.6 Å². The van der Waals surface area contributed by atoms with Crippen molar-refractivity contribution in [1.29, 1.82) is 0 Å². The zero-order chi connectivity index (χ0) is 13.8. The summed E-state index contributed by atoms with van der Waals surface area (Å²) in [6.45, 7) is 1.50. The van der Waals surface area contributed by atoms with Crippen molar-refractivity contribution in [1.82, 2.24) is 0 Å². The van der Waals surface area contributed by atoms with Gasteiger partial charge >= 0.3 is 5.00 Å². The maximum Gasteiger partial charge on any atom is 0.324 e. The minimum absolute atomic E-state index is 0.00408. The number of benzene rings is 1. The van der Waals surface area contributed by atoms with Gasteiger partial charge in [-0.15, -0.1) is 0 Å². The van der Waals surface area contributed by atoms with Crippen LogP contribution in [0.4, 0.5) is 10.7 Å². The van der Waals surface area contributed by atoms with E-state index in [0.717, 1.165) is 11.3 Å². The Morgan fingerprint density at radius 1 is 1.26 bits per heavy atom. The Hall–Kier alpha value is -2.34. The van der Waals surface area contributed by atoms with Crippen LogP contribution in [-0.2, 0) is 0 Å². The molecule has 0 aliphatic carbocycles. The van der Waals surface area contributed by atoms with Gasteiger partial charge in [0, 0.05) is 17.8 Å². The Kier molecular flexibility index (Phi) is 3.82. The molecule has 0 bridgehead atoms. The summed E-state index contributed by atoms with van der Waals surface area (Å²) in [6.07, 6.45) is 1.57. The SMILES string of the molecule is CC(=O)c1ccc(N=Cc2ccc([N+](=O)[O-])s2)cc1. The lowest BCUT2D eigenvalue weighted by molar-refractivity contribution is -0.380. The summed E-state index contributed by atoms with van der Waals surface area (Å²) in [5, 5.41) is 10.6. The average Bonchev–Trinajstić information content (AvgIpc) is 2.86. The number of hydrogen-bond acceptors (Lipinski definition) is 5. The first-order valence-electron chi connectivity index (χ1n) is 5.45. The third-order valence-corrected chi connectivity index (χ3v) is 3.38. The van der Waals surface area contributed by atoms with Gasteiger partial charge < -0.3 is 0 Å². The molecule has 1 aromatic heterocycles. The van der Waals surface area contributed by atoms with Gasteiger partial charge in [-0.2, -0.15) is 0 Å². The predicted molar refractivity (Wildman–Crippen MR) is 74.7 cm³/mol. The number of carbonyl (C=O) groups is 1. The Morgan fingerprint density at radius 3 is 2.47 bits per heavy atom. The molecule has 0 atom stereocenters. The molecule has 0 saturated carbocycles. The van der Waals surface area contributed by atoms with Gasteiger partial charge in [0.2, 0.25) is 0 Å². The molecule has 0 aliphatic rings. The van der Waals surface area contributed by atoms with Gasteiger partial charge in [0.1, 0.15) is 0 Å². The van der Waals surface area contributed by atoms with Gasteiger partial charge in [-0.05, 0) is 37.3 Å². The number of aliphatic imine (C=N–C) groups is 1. The fourth-order valence-corrected chi connectivity index (χ4v) is 2.12. The minimum atomic E-state index is -0.427. The molecule has 0 aliphatic heterocycles. The second-order valence-electron chi connectivity index (χ2n) is 3.79. The molecule has 0 spiro atoms. The van der Waals surface area contributed by atoms with E-state index in [2.05, 4.69) is 4.99 Å². The summed E-state index contributed by atoms with van der Waals surface area (Å²) < 4.78 is 0. The van der Waals surface area contributed by atoms with Crippen molar-refractivity contribution < 1.29 is 9.72 Å². The number of rotatable bonds is 4. The van der Waals surface area contributed by atoms with Gasteiger partial charge in [0.25, 0.3) is 0 Å². The summed E-state index contributed by atoms with van der Waals surface area (Å²) in [7, 11) is 0. The summed E-state index contributed by atoms with van der Waals surface area (Å²) in [5.41, 5.74) is 1.33. The number of nitrogens with zero attached hydrogens (tertiary/aromatic N) is 2. The van der Waals surface area contributed by atoms with Crippen LogP contribution in [0, 0.1) is 10.1 Å². The van der Waals surface area contributed by atoms with Crippen molar-refractivity contribution >= 4 is 34.0 Å². The van der Waals surface area contributed by atoms with E-state index in [1.54, 1.807) is 36.5 Å². The van der Waals surface area contributed by atoms with E-state index < -0.39 is 4.92 Å². The quantitative estimate of drug-likeness (QED) is 0.370. The van der Waals surface area contributed by atoms with Crippen LogP contribution in [-0.4, -0.2) is 16.9 Å². The molecule has 0 unspecified atom stereocenters. The first-order valence-corrected chi connectivity index (χ1v) is 6.27. The molecule has 1 heterocycles. The van der Waals surface area contributed by atoms with Crippen LogP contribution in [0.15, 0.2) is 41.4 Å². The second kappa shape index (κ2) is 5.53. The molecule has 6 heteroatoms. The van der Waals surface area contributed by atoms with Crippen molar-refractivity contribution in [3.63, 3.8) is 0 Å². The monoisotopic (exact) mass is 274 g/mol. The van der Waals surface area contributed by atoms with Gasteiger partial charge in [-0.1, -0.05) is 11.3 Å². The van der Waals surface area contributed by atoms with E-state index in [1.807, 2.05) is 0 Å². The van der Waals surface area contributed by atoms with Crippen LogP contribution in [0.3, 0.4) is 0 Å². The smallest absolute Gasteiger partial charge is 0.295 e. The molecular weight excluding hydrogens is 264 g/mol. The number of ketones is 1. The van der Waals surface area contributed by atoms with Crippen molar-refractivity contribution in [2.45, 2.75) is 6.92 Å². The Balaban J connectivity index is 2.13. The number of Topliss-reactive ketones (excluding diaryl/α,β-unsaturated/α-hetero) is 1. The van der Waals surface area contributed by atoms with Crippen molar-refractivity contribution in [2.75, 3.05) is 0 Å². The highest BCUT2D eigenvalue weighted by atomic mass is 32.1. The Morgan fingerprint density at radius 2 is 1.95 bits per heavy atom. The zero-order valence-corrected chi connectivity index (χ0v) is 10.9. The van der Waals surface area contributed by atoms with Crippen LogP contribution in [0.2, 0.25) is 0 Å². The normalized spacial score (nSPS) is 10.8. The number of thiophene rings is 1. The molecule has 0 amide bonds. The lowest BCUT2D eigenvalue weighted by atomic mass is 10.1. The van der Waals surface area contributed by atoms with Crippen LogP contribution in [0.1, 0.15) is 22.2 Å². The predicted octanol–water partition coefficient (Wildman–Crippen LogP) is 3.61. The average molecular weight is 274 g/mol. The highest BCUT2D eigenvalue weighted by molar-refractivity contribution is 7.16. The van der Waals surface area contributed by atoms with Crippen molar-refractivity contribution in [3.05, 3.63) is 57.0 Å². The first-order chi connectivity index (χ1) is 9.06. The summed E-state index contributed by atoms with van der Waals surface area (Å²) >= 11 is 1.07. The molecule has 19 heavy (non-hydrogen) atoms. The molecule has 0 radical (unpaired) electrons. The highest BCUT2D eigenvalue weighted by Crippen LogP contribution is 2.23. The van der Waals surface area contributed by atoms with Gasteiger partial charge in [0.05, 0.1) is 15.5 Å². The molecular formula is C13H10N2O3S. The van der Waals surface area contributed by atoms with E-state index >= 15 is 0 Å². The van der Waals surface area contributed by atoms with Crippen molar-refractivity contribution in [3.8, 4) is 0 Å². The maximum absolute atomic E-state index is 11.1. The number of hydrogen-bond donors (Lipinski definition) is 0. The Labute approximate surface area is 113 Å². The molecule has 5 nitrogen and oxygen atoms in total. The standard InChI is InChI=1S/C13H10N2O3S/c1-9(16)10-2-4-11(5-3-10)14-8-12-6-7-13(19-12)15(17)18/h2-8H,1H3. The maximum atomic E-state index is 11.1. The molecule has 2 rings (SSSR count). The van der Waals surface area contributed by atoms with E-state index in [1.165, 1.54) is 13.0 Å². The molecule has 0 fully saturated rings. The Bertz CT molecular complexity index is 644. The van der Waals surface area contributed by atoms with Gasteiger partial charge in [0.15, 0.2) is 5.78 Å². The molecule has 0 N–H and O–H groups in total. The van der Waals surface area contributed by atoms with Crippen LogP contribution < -0.4 is 0 Å². The van der Waals surface area contributed by atoms with E-state index in [-0.39, 0.29) is 10.8 Å². The molecule has 2 aromatic rings. The minimum Gasteiger partial charge on any atom is -0.295 e. The van der Waals surface area contributed by atoms with E-state index in [4.69, 9.17) is 0 Å². The van der Waals surface area contributed by atoms with E-state index in [9.17, 15) is 14.9 Å². The van der Waals surface area contributed by atoms with Gasteiger partial charge in [-0.3, -0.25) is 19.9 Å². The lowest BCUT2D eigenvalue weighted by Gasteiger charge is -1.95. The largest absolute Gasteiger partial charge is 0.324 e. The molecule has 96 valence electrons. The number of nitro groups is 1. The summed E-state index contributed by atoms with van der Waals surface area (Å²) in [5.74, 6) is 0.00408. The summed E-state index contributed by atoms with van der Waals surface area (Å²) in [4.78, 5) is 26.1. The van der Waals surface area contributed by atoms with Crippen LogP contribution in [0.5, 0.6) is 0 Å². The summed E-state index contributed by atoms with van der Waals surface area (Å²) in [6, 6.07) is 9.96. The van der Waals surface area contributed by atoms with Gasteiger partial charge in [-0.25, -0.2) is 0 Å². The van der Waals surface area contributed by atoms with E-state index in [0.29, 0.717) is 16.1 Å². The fourth-order valence-electron chi connectivity index (χ4n) is 1.43. The fraction of sp³-hybridized carbons (Fsp3) is 0.0769.